The van der Waals surface area contributed by atoms with E-state index in [1.54, 1.807) is 33.4 Å². The molecule has 4 aliphatic rings. The molecule has 4 aliphatic heterocycles. The van der Waals surface area contributed by atoms with Gasteiger partial charge in [-0.25, -0.2) is 4.68 Å². The number of nitrogens with zero attached hydrogens (tertiary/aromatic N) is 7. The number of hydrogen-bond donors (Lipinski definition) is 2. The van der Waals surface area contributed by atoms with E-state index in [9.17, 15) is 38.7 Å². The molecule has 18 nitrogen and oxygen atoms in total. The Morgan fingerprint density at radius 2 is 1.26 bits per heavy atom. The highest BCUT2D eigenvalue weighted by Gasteiger charge is 2.44. The number of likely N-dealkylation sites (tertiary alicyclic amines) is 4. The lowest BCUT2D eigenvalue weighted by Crippen LogP contribution is -2.51. The molecule has 18 heteroatoms. The van der Waals surface area contributed by atoms with E-state index in [2.05, 4.69) is 43.3 Å². The Morgan fingerprint density at radius 1 is 0.697 bits per heavy atom. The van der Waals surface area contributed by atoms with Crippen molar-refractivity contribution in [2.75, 3.05) is 53.0 Å². The van der Waals surface area contributed by atoms with Gasteiger partial charge in [0.05, 0.1) is 44.1 Å². The van der Waals surface area contributed by atoms with Crippen molar-refractivity contribution >= 4 is 41.1 Å². The molecule has 4 unspecified atom stereocenters. The maximum absolute atomic E-state index is 13.0. The fourth-order valence-electron chi connectivity index (χ4n) is 8.44. The van der Waals surface area contributed by atoms with Crippen molar-refractivity contribution in [3.8, 4) is 0 Å². The Labute approximate surface area is 394 Å². The zero-order chi connectivity index (χ0) is 49.0. The Kier molecular flexibility index (Phi) is 28.4. The summed E-state index contributed by atoms with van der Waals surface area (Å²) in [6, 6.07) is -1.77. The third-order valence-electron chi connectivity index (χ3n) is 11.8. The van der Waals surface area contributed by atoms with Crippen molar-refractivity contribution in [1.82, 2.24) is 39.9 Å². The summed E-state index contributed by atoms with van der Waals surface area (Å²) in [5, 5.41) is 20.6. The maximum Gasteiger partial charge on any atom is 0.246 e. The molecule has 5 atom stereocenters. The molecule has 2 N–H and O–H groups in total. The first-order valence-electron chi connectivity index (χ1n) is 24.9. The Morgan fingerprint density at radius 3 is 1.80 bits per heavy atom. The monoisotopic (exact) mass is 933 g/mol. The van der Waals surface area contributed by atoms with Gasteiger partial charge in [-0.05, 0) is 57.8 Å². The highest BCUT2D eigenvalue weighted by atomic mass is 16.5. The highest BCUT2D eigenvalue weighted by molar-refractivity contribution is 5.95. The first kappa shape index (κ1) is 57.8. The molecule has 5 rings (SSSR count). The summed E-state index contributed by atoms with van der Waals surface area (Å²) >= 11 is 0. The van der Waals surface area contributed by atoms with E-state index >= 15 is 0 Å². The zero-order valence-electron chi connectivity index (χ0n) is 41.6. The lowest BCUT2D eigenvalue weighted by molar-refractivity contribution is -0.146. The molecule has 0 spiro atoms. The minimum absolute atomic E-state index is 0.00334. The van der Waals surface area contributed by atoms with Crippen LogP contribution in [0.3, 0.4) is 0 Å². The molecule has 4 saturated heterocycles. The van der Waals surface area contributed by atoms with Gasteiger partial charge in [0, 0.05) is 85.0 Å². The summed E-state index contributed by atoms with van der Waals surface area (Å²) in [4.78, 5) is 93.0. The van der Waals surface area contributed by atoms with Gasteiger partial charge in [0.2, 0.25) is 29.5 Å². The van der Waals surface area contributed by atoms with Crippen molar-refractivity contribution in [2.24, 2.45) is 0 Å². The van der Waals surface area contributed by atoms with Crippen LogP contribution in [-0.2, 0) is 56.2 Å². The third kappa shape index (κ3) is 18.8. The molecule has 1 aromatic heterocycles. The average Bonchev–Trinajstić information content (AvgIpc) is 4.19. The summed E-state index contributed by atoms with van der Waals surface area (Å²) in [5.74, 6) is -0.505. The number of carbonyl (C=O) groups is 7. The number of β-amino-alcohol motifs (C(OH)–C–C–N with tert-alkyl or cyclic N) is 1. The van der Waals surface area contributed by atoms with Gasteiger partial charge in [-0.1, -0.05) is 66.5 Å². The van der Waals surface area contributed by atoms with E-state index in [-0.39, 0.29) is 79.0 Å². The Hall–Kier alpha value is -4.29. The van der Waals surface area contributed by atoms with Crippen LogP contribution < -0.4 is 5.32 Å². The number of aliphatic hydroxyl groups excluding tert-OH is 1. The van der Waals surface area contributed by atoms with E-state index in [1.165, 1.54) is 11.3 Å². The van der Waals surface area contributed by atoms with Crippen molar-refractivity contribution in [1.29, 1.82) is 0 Å². The number of nitrogens with one attached hydrogen (secondary N) is 1. The van der Waals surface area contributed by atoms with Crippen LogP contribution in [0.2, 0.25) is 0 Å². The van der Waals surface area contributed by atoms with Gasteiger partial charge in [0.1, 0.15) is 17.8 Å². The SMILES string of the molecule is CCC.CCCCC(=O)N1CCCC1C(=O)N1CCCC1C(=O)CC.CCCNC(=O)CCC(=O)N1C[C@@H](O)CC1C(=O)N1CCCC1C(=O)CC.CCCOCc1cn(CCOC)nn1. The van der Waals surface area contributed by atoms with Crippen molar-refractivity contribution in [2.45, 2.75) is 201 Å². The Balaban J connectivity index is 0.000000344. The lowest BCUT2D eigenvalue weighted by Gasteiger charge is -2.31. The van der Waals surface area contributed by atoms with Gasteiger partial charge in [-0.3, -0.25) is 33.6 Å². The molecule has 0 radical (unpaired) electrons. The molecule has 0 saturated carbocycles. The van der Waals surface area contributed by atoms with Crippen LogP contribution in [0, 0.1) is 0 Å². The molecule has 0 aromatic carbocycles. The minimum atomic E-state index is -0.764. The van der Waals surface area contributed by atoms with Crippen LogP contribution in [-0.4, -0.2) is 164 Å². The van der Waals surface area contributed by atoms with Crippen LogP contribution in [0.5, 0.6) is 0 Å². The molecule has 0 bridgehead atoms. The number of ether oxygens (including phenoxy) is 2. The number of unbranched alkanes of at least 4 members (excludes halogenated alkanes) is 1. The Bertz CT molecular complexity index is 1640. The standard InChI is InChI=1S/C19H31N3O5.C17H28N2O3.C9H17N3O2.C3H8/c1-3-9-20-17(25)7-8-18(26)22-12-13(23)11-15(22)19(27)21-10-5-6-14(21)16(24)4-2;1-3-5-10-16(21)18-11-7-9-14(18)17(22)19-12-6-8-13(19)15(20)4-2;1-3-5-14-8-9-7-12(11-10-9)4-6-13-2;1-3-2/h13-15,23H,3-12H2,1-2H3,(H,20,25);13-14H,3-12H2,1-2H3;7H,3-6,8H2,1-2H3;3H2,1-2H3/t13-,14?,15?;;;/m0.../s1. The van der Waals surface area contributed by atoms with Gasteiger partial charge in [0.25, 0.3) is 0 Å². The molecule has 1 aromatic rings. The number of aliphatic hydroxyl groups is 1. The fourth-order valence-corrected chi connectivity index (χ4v) is 8.44. The molecule has 5 amide bonds. The van der Waals surface area contributed by atoms with Gasteiger partial charge in [-0.2, -0.15) is 0 Å². The summed E-state index contributed by atoms with van der Waals surface area (Å²) in [6.07, 6.45) is 12.4. The highest BCUT2D eigenvalue weighted by Crippen LogP contribution is 2.28. The lowest BCUT2D eigenvalue weighted by atomic mass is 10.1. The van der Waals surface area contributed by atoms with Gasteiger partial charge < -0.3 is 39.5 Å². The topological polar surface area (TPSA) is 214 Å². The van der Waals surface area contributed by atoms with Crippen LogP contribution in [0.4, 0.5) is 0 Å². The molecule has 0 aliphatic carbocycles. The van der Waals surface area contributed by atoms with E-state index in [1.807, 2.05) is 20.0 Å². The maximum atomic E-state index is 13.0. The van der Waals surface area contributed by atoms with Gasteiger partial charge in [-0.15, -0.1) is 5.10 Å². The zero-order valence-corrected chi connectivity index (χ0v) is 41.6. The molecular formula is C48H84N8O10. The fraction of sp³-hybridized carbons (Fsp3) is 0.812. The smallest absolute Gasteiger partial charge is 0.246 e. The summed E-state index contributed by atoms with van der Waals surface area (Å²) in [5.41, 5.74) is 0.870. The first-order valence-corrected chi connectivity index (χ1v) is 24.9. The second-order valence-corrected chi connectivity index (χ2v) is 17.4. The van der Waals surface area contributed by atoms with E-state index < -0.39 is 18.2 Å². The summed E-state index contributed by atoms with van der Waals surface area (Å²) < 4.78 is 12.0. The normalized spacial score (nSPS) is 21.0. The number of hydrogen-bond acceptors (Lipinski definition) is 12. The van der Waals surface area contributed by atoms with Crippen molar-refractivity contribution < 1.29 is 48.1 Å². The quantitative estimate of drug-likeness (QED) is 0.162. The molecule has 5 heterocycles. The van der Waals surface area contributed by atoms with Crippen LogP contribution in [0.1, 0.15) is 163 Å². The van der Waals surface area contributed by atoms with Crippen LogP contribution in [0.25, 0.3) is 0 Å². The van der Waals surface area contributed by atoms with Gasteiger partial charge >= 0.3 is 0 Å². The summed E-state index contributed by atoms with van der Waals surface area (Å²) in [6.45, 7) is 19.2. The van der Waals surface area contributed by atoms with E-state index in [4.69, 9.17) is 9.47 Å². The van der Waals surface area contributed by atoms with Crippen molar-refractivity contribution in [3.05, 3.63) is 11.9 Å². The van der Waals surface area contributed by atoms with Crippen molar-refractivity contribution in [3.63, 3.8) is 0 Å². The second kappa shape index (κ2) is 32.4. The summed E-state index contributed by atoms with van der Waals surface area (Å²) in [7, 11) is 1.67. The largest absolute Gasteiger partial charge is 0.391 e. The molecule has 376 valence electrons. The second-order valence-electron chi connectivity index (χ2n) is 17.4. The number of methoxy groups -OCH3 is 1. The van der Waals surface area contributed by atoms with Crippen LogP contribution in [0.15, 0.2) is 6.20 Å². The van der Waals surface area contributed by atoms with E-state index in [0.29, 0.717) is 65.1 Å². The predicted octanol–water partition coefficient (Wildman–Crippen LogP) is 4.63. The number of amides is 5. The molecular weight excluding hydrogens is 849 g/mol. The molecule has 66 heavy (non-hydrogen) atoms. The molecule has 4 fully saturated rings. The van der Waals surface area contributed by atoms with Crippen LogP contribution >= 0.6 is 0 Å². The minimum Gasteiger partial charge on any atom is -0.391 e. The number of Topliss-reactive ketones (excluding diaryl/α,β-unsaturated/α-hetero) is 2. The average molecular weight is 933 g/mol. The number of carbonyl (C=O) groups excluding carboxylic acids is 7. The number of ketones is 2. The third-order valence-corrected chi connectivity index (χ3v) is 11.8. The number of aromatic nitrogens is 3. The number of rotatable bonds is 21. The van der Waals surface area contributed by atoms with E-state index in [0.717, 1.165) is 76.6 Å². The first-order chi connectivity index (χ1) is 31.8. The predicted molar refractivity (Wildman–Crippen MR) is 251 cm³/mol. The van der Waals surface area contributed by atoms with Gasteiger partial charge in [0.15, 0.2) is 11.6 Å².